The molecular weight excluding hydrogens is 260 g/mol. The maximum Gasteiger partial charge on any atom is 0.408 e. The van der Waals surface area contributed by atoms with Crippen molar-refractivity contribution in [3.8, 4) is 0 Å². The number of rotatable bonds is 5. The summed E-state index contributed by atoms with van der Waals surface area (Å²) >= 11 is 0. The van der Waals surface area contributed by atoms with E-state index in [4.69, 9.17) is 15.9 Å². The number of aliphatic carboxylic acids is 2. The number of carbonyl (C=O) groups is 4. The molecular formula is C10H14N2O7. The molecule has 2 amide bonds. The van der Waals surface area contributed by atoms with Crippen LogP contribution in [0.4, 0.5) is 4.79 Å². The molecule has 0 aromatic carbocycles. The third-order valence-electron chi connectivity index (χ3n) is 3.27. The Morgan fingerprint density at radius 2 is 1.79 bits per heavy atom. The van der Waals surface area contributed by atoms with E-state index in [1.165, 1.54) is 0 Å². The molecule has 5 N–H and O–H groups in total. The highest BCUT2D eigenvalue weighted by atomic mass is 16.4. The number of carbonyl (C=O) groups excluding carboxylic acids is 1. The molecule has 1 saturated heterocycles. The summed E-state index contributed by atoms with van der Waals surface area (Å²) in [7, 11) is 0. The summed E-state index contributed by atoms with van der Waals surface area (Å²) in [6.45, 7) is -0.470. The highest BCUT2D eigenvalue weighted by molar-refractivity contribution is 5.85. The van der Waals surface area contributed by atoms with Gasteiger partial charge in [-0.05, 0) is 12.8 Å². The number of hydrogen-bond donors (Lipinski definition) is 4. The Bertz CT molecular complexity index is 412. The lowest BCUT2D eigenvalue weighted by atomic mass is 9.81. The SMILES string of the molecule is NC(=O)CC[C@]1(C(=O)O)C[C@@H](C(=O)O)N(C(=O)O)C1. The van der Waals surface area contributed by atoms with Crippen LogP contribution in [-0.4, -0.2) is 56.7 Å². The second-order valence-electron chi connectivity index (χ2n) is 4.52. The normalized spacial score (nSPS) is 26.1. The van der Waals surface area contributed by atoms with Gasteiger partial charge < -0.3 is 21.1 Å². The van der Waals surface area contributed by atoms with Crippen LogP contribution in [0.15, 0.2) is 0 Å². The fraction of sp³-hybridized carbons (Fsp3) is 0.600. The molecule has 0 spiro atoms. The third-order valence-corrected chi connectivity index (χ3v) is 3.27. The second kappa shape index (κ2) is 5.12. The van der Waals surface area contributed by atoms with E-state index < -0.39 is 41.9 Å². The Labute approximate surface area is 107 Å². The van der Waals surface area contributed by atoms with Crippen LogP contribution in [0.2, 0.25) is 0 Å². The van der Waals surface area contributed by atoms with Gasteiger partial charge in [0, 0.05) is 13.0 Å². The van der Waals surface area contributed by atoms with Gasteiger partial charge in [-0.2, -0.15) is 0 Å². The van der Waals surface area contributed by atoms with Gasteiger partial charge >= 0.3 is 18.0 Å². The Morgan fingerprint density at radius 3 is 2.11 bits per heavy atom. The van der Waals surface area contributed by atoms with E-state index in [2.05, 4.69) is 0 Å². The lowest BCUT2D eigenvalue weighted by molar-refractivity contribution is -0.148. The van der Waals surface area contributed by atoms with E-state index in [0.717, 1.165) is 0 Å². The van der Waals surface area contributed by atoms with Crippen molar-refractivity contribution in [1.29, 1.82) is 0 Å². The highest BCUT2D eigenvalue weighted by Crippen LogP contribution is 2.39. The molecule has 2 atom stereocenters. The largest absolute Gasteiger partial charge is 0.481 e. The lowest BCUT2D eigenvalue weighted by Crippen LogP contribution is -2.40. The number of carboxylic acid groups (broad SMARTS) is 3. The van der Waals surface area contributed by atoms with Gasteiger partial charge in [-0.15, -0.1) is 0 Å². The van der Waals surface area contributed by atoms with Crippen molar-refractivity contribution < 1.29 is 34.5 Å². The Hall–Kier alpha value is -2.32. The van der Waals surface area contributed by atoms with Crippen LogP contribution in [0.1, 0.15) is 19.3 Å². The Kier molecular flexibility index (Phi) is 3.98. The number of hydrogen-bond acceptors (Lipinski definition) is 4. The quantitative estimate of drug-likeness (QED) is 0.508. The molecule has 0 aliphatic carbocycles. The maximum atomic E-state index is 11.3. The monoisotopic (exact) mass is 274 g/mol. The summed E-state index contributed by atoms with van der Waals surface area (Å²) in [6, 6.07) is -1.43. The molecule has 1 rings (SSSR count). The number of likely N-dealkylation sites (tertiary alicyclic amines) is 1. The predicted molar refractivity (Wildman–Crippen MR) is 59.3 cm³/mol. The number of nitrogens with zero attached hydrogens (tertiary/aromatic N) is 1. The number of amides is 2. The molecule has 0 unspecified atom stereocenters. The first-order chi connectivity index (χ1) is 8.69. The third kappa shape index (κ3) is 2.92. The Balaban J connectivity index is 3.01. The van der Waals surface area contributed by atoms with Crippen LogP contribution in [0, 0.1) is 5.41 Å². The summed E-state index contributed by atoms with van der Waals surface area (Å²) in [5, 5.41) is 27.0. The first-order valence-corrected chi connectivity index (χ1v) is 5.44. The van der Waals surface area contributed by atoms with Gasteiger partial charge in [0.2, 0.25) is 5.91 Å². The molecule has 9 heteroatoms. The van der Waals surface area contributed by atoms with Crippen molar-refractivity contribution in [1.82, 2.24) is 4.90 Å². The minimum atomic E-state index is -1.59. The van der Waals surface area contributed by atoms with Gasteiger partial charge in [0.05, 0.1) is 5.41 Å². The van der Waals surface area contributed by atoms with Crippen LogP contribution >= 0.6 is 0 Å². The first-order valence-electron chi connectivity index (χ1n) is 5.44. The van der Waals surface area contributed by atoms with Gasteiger partial charge in [-0.3, -0.25) is 14.5 Å². The van der Waals surface area contributed by atoms with Crippen LogP contribution in [0.5, 0.6) is 0 Å². The zero-order chi connectivity index (χ0) is 14.8. The summed E-state index contributed by atoms with van der Waals surface area (Å²) in [6.07, 6.45) is -2.32. The molecule has 0 aromatic rings. The minimum absolute atomic E-state index is 0.189. The highest BCUT2D eigenvalue weighted by Gasteiger charge is 2.53. The van der Waals surface area contributed by atoms with Gasteiger partial charge in [0.15, 0.2) is 0 Å². The predicted octanol–water partition coefficient (Wildman–Crippen LogP) is -0.840. The molecule has 1 aliphatic rings. The molecule has 0 saturated carbocycles. The van der Waals surface area contributed by atoms with Crippen LogP contribution in [0.25, 0.3) is 0 Å². The van der Waals surface area contributed by atoms with Gasteiger partial charge in [0.25, 0.3) is 0 Å². The maximum absolute atomic E-state index is 11.3. The van der Waals surface area contributed by atoms with Crippen molar-refractivity contribution >= 4 is 23.9 Å². The van der Waals surface area contributed by atoms with E-state index in [9.17, 15) is 24.3 Å². The summed E-state index contributed by atoms with van der Waals surface area (Å²) in [5.41, 5.74) is 3.35. The number of carboxylic acids is 2. The minimum Gasteiger partial charge on any atom is -0.481 e. The standard InChI is InChI=1S/C10H14N2O7/c11-6(13)1-2-10(8(16)17)3-5(7(14)15)12(4-10)9(18)19/h5H,1-4H2,(H2,11,13)(H,14,15)(H,16,17)(H,18,19)/t5-,10-/m0/s1. The molecule has 106 valence electrons. The van der Waals surface area contributed by atoms with Crippen molar-refractivity contribution in [2.24, 2.45) is 11.1 Å². The fourth-order valence-corrected chi connectivity index (χ4v) is 2.21. The summed E-state index contributed by atoms with van der Waals surface area (Å²) in [5.74, 6) is -3.46. The topological polar surface area (TPSA) is 158 Å². The van der Waals surface area contributed by atoms with Crippen molar-refractivity contribution in [2.75, 3.05) is 6.54 Å². The molecule has 0 radical (unpaired) electrons. The van der Waals surface area contributed by atoms with Crippen molar-refractivity contribution in [3.63, 3.8) is 0 Å². The average Bonchev–Trinajstić information content (AvgIpc) is 2.67. The first kappa shape index (κ1) is 14.7. The van der Waals surface area contributed by atoms with Crippen LogP contribution in [0.3, 0.4) is 0 Å². The number of nitrogens with two attached hydrogens (primary N) is 1. The number of primary amides is 1. The molecule has 1 fully saturated rings. The molecule has 0 bridgehead atoms. The lowest BCUT2D eigenvalue weighted by Gasteiger charge is -2.22. The van der Waals surface area contributed by atoms with Crippen molar-refractivity contribution in [2.45, 2.75) is 25.3 Å². The van der Waals surface area contributed by atoms with Gasteiger partial charge in [-0.25, -0.2) is 9.59 Å². The zero-order valence-corrected chi connectivity index (χ0v) is 9.90. The van der Waals surface area contributed by atoms with Crippen LogP contribution in [-0.2, 0) is 14.4 Å². The van der Waals surface area contributed by atoms with Crippen LogP contribution < -0.4 is 5.73 Å². The summed E-state index contributed by atoms with van der Waals surface area (Å²) in [4.78, 5) is 44.5. The molecule has 1 aliphatic heterocycles. The smallest absolute Gasteiger partial charge is 0.408 e. The van der Waals surface area contributed by atoms with E-state index in [0.29, 0.717) is 4.90 Å². The average molecular weight is 274 g/mol. The zero-order valence-electron chi connectivity index (χ0n) is 9.90. The van der Waals surface area contributed by atoms with E-state index in [1.807, 2.05) is 0 Å². The van der Waals surface area contributed by atoms with E-state index in [-0.39, 0.29) is 19.3 Å². The summed E-state index contributed by atoms with van der Waals surface area (Å²) < 4.78 is 0. The van der Waals surface area contributed by atoms with E-state index >= 15 is 0 Å². The molecule has 1 heterocycles. The molecule has 0 aromatic heterocycles. The van der Waals surface area contributed by atoms with Crippen molar-refractivity contribution in [3.05, 3.63) is 0 Å². The Morgan fingerprint density at radius 1 is 1.21 bits per heavy atom. The fourth-order valence-electron chi connectivity index (χ4n) is 2.21. The van der Waals surface area contributed by atoms with Gasteiger partial charge in [0.1, 0.15) is 6.04 Å². The van der Waals surface area contributed by atoms with Gasteiger partial charge in [-0.1, -0.05) is 0 Å². The van der Waals surface area contributed by atoms with E-state index in [1.54, 1.807) is 0 Å². The molecule has 19 heavy (non-hydrogen) atoms. The second-order valence-corrected chi connectivity index (χ2v) is 4.52. The molecule has 9 nitrogen and oxygen atoms in total.